The molecule has 4 heterocycles. The summed E-state index contributed by atoms with van der Waals surface area (Å²) in [6.07, 6.45) is 4.72. The van der Waals surface area contributed by atoms with E-state index in [2.05, 4.69) is 20.3 Å². The van der Waals surface area contributed by atoms with Gasteiger partial charge in [-0.2, -0.15) is 0 Å². The zero-order valence-electron chi connectivity index (χ0n) is 19.3. The Hall–Kier alpha value is -3.31. The van der Waals surface area contributed by atoms with Gasteiger partial charge in [-0.25, -0.2) is 29.1 Å². The Labute approximate surface area is 207 Å². The van der Waals surface area contributed by atoms with Crippen LogP contribution in [0.4, 0.5) is 26.6 Å². The smallest absolute Gasteiger partial charge is 0.320 e. The lowest BCUT2D eigenvalue weighted by atomic mass is 10.0. The summed E-state index contributed by atoms with van der Waals surface area (Å²) in [5.74, 6) is 0.528. The topological polar surface area (TPSA) is 99.6 Å². The fraction of sp³-hybridized carbons (Fsp3) is 0.435. The number of amides is 2. The van der Waals surface area contributed by atoms with Crippen molar-refractivity contribution in [3.8, 4) is 0 Å². The monoisotopic (exact) mass is 500 g/mol. The molecule has 0 spiro atoms. The Balaban J connectivity index is 1.29. The molecule has 0 unspecified atom stereocenters. The SMILES string of the molecule is CN(c1ncc2ncnc(Nc3ccc(F)c(Cl)c3)c2n1)C1CCN(C(=O)N2CCOCC2)CC1. The van der Waals surface area contributed by atoms with E-state index in [0.717, 1.165) is 12.8 Å². The largest absolute Gasteiger partial charge is 0.378 e. The van der Waals surface area contributed by atoms with Gasteiger partial charge in [-0.3, -0.25) is 0 Å². The first kappa shape index (κ1) is 23.4. The van der Waals surface area contributed by atoms with Crippen molar-refractivity contribution in [1.29, 1.82) is 0 Å². The number of nitrogens with zero attached hydrogens (tertiary/aromatic N) is 7. The van der Waals surface area contributed by atoms with E-state index in [9.17, 15) is 9.18 Å². The minimum atomic E-state index is -0.492. The molecule has 0 saturated carbocycles. The van der Waals surface area contributed by atoms with Gasteiger partial charge in [0.15, 0.2) is 5.82 Å². The molecule has 2 amide bonds. The van der Waals surface area contributed by atoms with Gasteiger partial charge in [0.05, 0.1) is 24.4 Å². The van der Waals surface area contributed by atoms with Gasteiger partial charge >= 0.3 is 6.03 Å². The van der Waals surface area contributed by atoms with E-state index in [4.69, 9.17) is 21.3 Å². The first-order chi connectivity index (χ1) is 17.0. The summed E-state index contributed by atoms with van der Waals surface area (Å²) in [5.41, 5.74) is 1.71. The van der Waals surface area contributed by atoms with Crippen molar-refractivity contribution in [2.75, 3.05) is 56.7 Å². The Bertz CT molecular complexity index is 1220. The third-order valence-corrected chi connectivity index (χ3v) is 6.72. The minimum Gasteiger partial charge on any atom is -0.378 e. The number of halogens is 2. The second-order valence-corrected chi connectivity index (χ2v) is 9.00. The number of hydrogen-bond donors (Lipinski definition) is 1. The number of morpholine rings is 1. The summed E-state index contributed by atoms with van der Waals surface area (Å²) < 4.78 is 18.9. The number of piperidine rings is 1. The molecule has 184 valence electrons. The lowest BCUT2D eigenvalue weighted by Gasteiger charge is -2.39. The van der Waals surface area contributed by atoms with Crippen LogP contribution in [0.1, 0.15) is 12.8 Å². The zero-order valence-corrected chi connectivity index (χ0v) is 20.1. The number of nitrogens with one attached hydrogen (secondary N) is 1. The average molecular weight is 501 g/mol. The number of carbonyl (C=O) groups is 1. The number of carbonyl (C=O) groups excluding carboxylic acids is 1. The Kier molecular flexibility index (Phi) is 6.78. The lowest BCUT2D eigenvalue weighted by molar-refractivity contribution is 0.0411. The maximum Gasteiger partial charge on any atom is 0.320 e. The number of hydrogen-bond acceptors (Lipinski definition) is 8. The second kappa shape index (κ2) is 10.1. The van der Waals surface area contributed by atoms with E-state index in [1.54, 1.807) is 12.3 Å². The Morgan fingerprint density at radius 1 is 1.14 bits per heavy atom. The summed E-state index contributed by atoms with van der Waals surface area (Å²) in [5, 5.41) is 3.16. The van der Waals surface area contributed by atoms with Crippen LogP contribution in [0.25, 0.3) is 11.0 Å². The van der Waals surface area contributed by atoms with Gasteiger partial charge < -0.3 is 24.8 Å². The van der Waals surface area contributed by atoms with Crippen molar-refractivity contribution >= 4 is 46.1 Å². The quantitative estimate of drug-likeness (QED) is 0.582. The van der Waals surface area contributed by atoms with Crippen LogP contribution in [0.15, 0.2) is 30.7 Å². The number of ether oxygens (including phenoxy) is 1. The molecule has 35 heavy (non-hydrogen) atoms. The molecule has 0 radical (unpaired) electrons. The number of aromatic nitrogens is 4. The molecule has 1 aromatic carbocycles. The Morgan fingerprint density at radius 3 is 2.63 bits per heavy atom. The molecule has 1 N–H and O–H groups in total. The molecule has 0 aliphatic carbocycles. The molecule has 5 rings (SSSR count). The predicted molar refractivity (Wildman–Crippen MR) is 131 cm³/mol. The molecular weight excluding hydrogens is 475 g/mol. The molecular formula is C23H26ClFN8O2. The van der Waals surface area contributed by atoms with Gasteiger partial charge in [0, 0.05) is 45.0 Å². The highest BCUT2D eigenvalue weighted by Gasteiger charge is 2.29. The van der Waals surface area contributed by atoms with Crippen molar-refractivity contribution in [3.63, 3.8) is 0 Å². The summed E-state index contributed by atoms with van der Waals surface area (Å²) in [7, 11) is 1.96. The normalized spacial score (nSPS) is 17.0. The van der Waals surface area contributed by atoms with Gasteiger partial charge in [0.2, 0.25) is 5.95 Å². The fourth-order valence-corrected chi connectivity index (χ4v) is 4.56. The number of likely N-dealkylation sites (tertiary alicyclic amines) is 1. The standard InChI is InChI=1S/C23H26ClFN8O2/c1-31(16-4-6-32(7-5-16)23(34)33-8-10-35-11-9-33)22-26-13-19-20(30-22)21(28-14-27-19)29-15-2-3-18(25)17(24)12-15/h2-3,12-14,16H,4-11H2,1H3,(H,27,28,29). The highest BCUT2D eigenvalue weighted by Crippen LogP contribution is 2.27. The fourth-order valence-electron chi connectivity index (χ4n) is 4.38. The molecule has 2 aliphatic rings. The van der Waals surface area contributed by atoms with Crippen LogP contribution in [-0.4, -0.2) is 88.2 Å². The van der Waals surface area contributed by atoms with Crippen molar-refractivity contribution in [2.45, 2.75) is 18.9 Å². The van der Waals surface area contributed by atoms with E-state index in [0.29, 0.717) is 67.9 Å². The van der Waals surface area contributed by atoms with Crippen LogP contribution in [0, 0.1) is 5.82 Å². The van der Waals surface area contributed by atoms with Crippen LogP contribution < -0.4 is 10.2 Å². The van der Waals surface area contributed by atoms with Gasteiger partial charge in [-0.05, 0) is 31.0 Å². The minimum absolute atomic E-state index is 0.0156. The van der Waals surface area contributed by atoms with Crippen LogP contribution in [0.3, 0.4) is 0 Å². The van der Waals surface area contributed by atoms with Crippen LogP contribution in [0.5, 0.6) is 0 Å². The van der Waals surface area contributed by atoms with Crippen molar-refractivity contribution < 1.29 is 13.9 Å². The molecule has 2 aromatic heterocycles. The van der Waals surface area contributed by atoms with Gasteiger partial charge in [0.1, 0.15) is 23.2 Å². The number of benzene rings is 1. The zero-order chi connectivity index (χ0) is 24.4. The van der Waals surface area contributed by atoms with E-state index < -0.39 is 5.82 Å². The highest BCUT2D eigenvalue weighted by atomic mass is 35.5. The molecule has 0 bridgehead atoms. The molecule has 3 aromatic rings. The molecule has 0 atom stereocenters. The van der Waals surface area contributed by atoms with Crippen LogP contribution in [0.2, 0.25) is 5.02 Å². The summed E-state index contributed by atoms with van der Waals surface area (Å²) >= 11 is 5.91. The van der Waals surface area contributed by atoms with E-state index in [1.165, 1.54) is 18.5 Å². The molecule has 2 aliphatic heterocycles. The third-order valence-electron chi connectivity index (χ3n) is 6.43. The van der Waals surface area contributed by atoms with E-state index in [1.807, 2.05) is 21.7 Å². The molecule has 10 nitrogen and oxygen atoms in total. The van der Waals surface area contributed by atoms with Crippen LogP contribution in [-0.2, 0) is 4.74 Å². The van der Waals surface area contributed by atoms with Crippen molar-refractivity contribution in [1.82, 2.24) is 29.7 Å². The van der Waals surface area contributed by atoms with Gasteiger partial charge in [-0.1, -0.05) is 11.6 Å². The highest BCUT2D eigenvalue weighted by molar-refractivity contribution is 6.31. The molecule has 2 saturated heterocycles. The Morgan fingerprint density at radius 2 is 1.89 bits per heavy atom. The number of urea groups is 1. The van der Waals surface area contributed by atoms with Crippen LogP contribution >= 0.6 is 11.6 Å². The first-order valence-corrected chi connectivity index (χ1v) is 11.9. The number of rotatable bonds is 4. The first-order valence-electron chi connectivity index (χ1n) is 11.5. The van der Waals surface area contributed by atoms with Gasteiger partial charge in [0.25, 0.3) is 0 Å². The average Bonchev–Trinajstić information content (AvgIpc) is 2.90. The number of anilines is 3. The maximum absolute atomic E-state index is 13.5. The maximum atomic E-state index is 13.5. The van der Waals surface area contributed by atoms with E-state index >= 15 is 0 Å². The van der Waals surface area contributed by atoms with E-state index in [-0.39, 0.29) is 17.1 Å². The van der Waals surface area contributed by atoms with Crippen molar-refractivity contribution in [2.24, 2.45) is 0 Å². The molecule has 2 fully saturated rings. The molecule has 12 heteroatoms. The summed E-state index contributed by atoms with van der Waals surface area (Å²) in [4.78, 5) is 36.4. The van der Waals surface area contributed by atoms with Gasteiger partial charge in [-0.15, -0.1) is 0 Å². The van der Waals surface area contributed by atoms with Crippen molar-refractivity contribution in [3.05, 3.63) is 41.6 Å². The second-order valence-electron chi connectivity index (χ2n) is 8.59. The summed E-state index contributed by atoms with van der Waals surface area (Å²) in [6, 6.07) is 4.64. The third kappa shape index (κ3) is 5.06. The predicted octanol–water partition coefficient (Wildman–Crippen LogP) is 3.31. The lowest BCUT2D eigenvalue weighted by Crippen LogP contribution is -2.52. The number of fused-ring (bicyclic) bond motifs is 1. The summed E-state index contributed by atoms with van der Waals surface area (Å²) in [6.45, 7) is 3.84.